The summed E-state index contributed by atoms with van der Waals surface area (Å²) in [6.07, 6.45) is 4.45. The summed E-state index contributed by atoms with van der Waals surface area (Å²) in [5.41, 5.74) is 4.04. The van der Waals surface area contributed by atoms with Crippen LogP contribution in [0.5, 0.6) is 0 Å². The van der Waals surface area contributed by atoms with Crippen molar-refractivity contribution in [2.75, 3.05) is 25.1 Å². The molecule has 0 unspecified atom stereocenters. The van der Waals surface area contributed by atoms with Crippen LogP contribution >= 0.6 is 0 Å². The first kappa shape index (κ1) is 16.0. The first-order valence-corrected chi connectivity index (χ1v) is 8.81. The lowest BCUT2D eigenvalue weighted by Crippen LogP contribution is -2.44. The van der Waals surface area contributed by atoms with Crippen molar-refractivity contribution in [2.45, 2.75) is 31.8 Å². The fourth-order valence-corrected chi connectivity index (χ4v) is 3.73. The van der Waals surface area contributed by atoms with Crippen molar-refractivity contribution in [1.29, 1.82) is 0 Å². The van der Waals surface area contributed by atoms with Crippen LogP contribution in [0.25, 0.3) is 5.65 Å². The maximum atomic E-state index is 5.99. The lowest BCUT2D eigenvalue weighted by molar-refractivity contribution is -0.0346. The Kier molecular flexibility index (Phi) is 4.13. The van der Waals surface area contributed by atoms with E-state index in [1.54, 1.807) is 10.8 Å². The number of aromatic nitrogens is 4. The minimum absolute atomic E-state index is 0.206. The number of piperidine rings is 1. The van der Waals surface area contributed by atoms with Gasteiger partial charge < -0.3 is 9.64 Å². The van der Waals surface area contributed by atoms with E-state index in [1.807, 2.05) is 13.2 Å². The number of nitrogens with zero attached hydrogens (tertiary/aromatic N) is 5. The average Bonchev–Trinajstić information content (AvgIpc) is 3.16. The van der Waals surface area contributed by atoms with Crippen molar-refractivity contribution in [1.82, 2.24) is 19.8 Å². The van der Waals surface area contributed by atoms with Gasteiger partial charge in [0.1, 0.15) is 6.33 Å². The molecule has 1 saturated heterocycles. The largest absolute Gasteiger partial charge is 0.373 e. The quantitative estimate of drug-likeness (QED) is 0.733. The molecule has 0 radical (unpaired) electrons. The van der Waals surface area contributed by atoms with Crippen molar-refractivity contribution in [3.8, 4) is 0 Å². The molecule has 0 N–H and O–H groups in total. The van der Waals surface area contributed by atoms with Crippen LogP contribution in [0.3, 0.4) is 0 Å². The second-order valence-corrected chi connectivity index (χ2v) is 6.53. The molecule has 25 heavy (non-hydrogen) atoms. The van der Waals surface area contributed by atoms with Crippen LogP contribution in [0.4, 0.5) is 5.69 Å². The average molecular weight is 337 g/mol. The van der Waals surface area contributed by atoms with Gasteiger partial charge in [0.15, 0.2) is 0 Å². The van der Waals surface area contributed by atoms with E-state index in [9.17, 15) is 0 Å². The molecule has 3 heterocycles. The van der Waals surface area contributed by atoms with Crippen molar-refractivity contribution >= 4 is 11.3 Å². The molecule has 3 aromatic rings. The predicted molar refractivity (Wildman–Crippen MR) is 96.7 cm³/mol. The highest BCUT2D eigenvalue weighted by molar-refractivity contribution is 5.68. The van der Waals surface area contributed by atoms with Gasteiger partial charge in [-0.2, -0.15) is 9.61 Å². The summed E-state index contributed by atoms with van der Waals surface area (Å²) in [6, 6.07) is 12.7. The summed E-state index contributed by atoms with van der Waals surface area (Å²) in [4.78, 5) is 2.38. The van der Waals surface area contributed by atoms with Crippen LogP contribution in [0.2, 0.25) is 0 Å². The van der Waals surface area contributed by atoms with Crippen molar-refractivity contribution < 1.29 is 4.74 Å². The minimum Gasteiger partial charge on any atom is -0.373 e. The Morgan fingerprint density at radius 3 is 2.60 bits per heavy atom. The third-order valence-corrected chi connectivity index (χ3v) is 5.26. The van der Waals surface area contributed by atoms with Gasteiger partial charge >= 0.3 is 0 Å². The van der Waals surface area contributed by atoms with E-state index in [-0.39, 0.29) is 5.60 Å². The summed E-state index contributed by atoms with van der Waals surface area (Å²) in [7, 11) is 1.82. The number of ether oxygens (including phenoxy) is 1. The van der Waals surface area contributed by atoms with Crippen LogP contribution < -0.4 is 4.90 Å². The van der Waals surface area contributed by atoms with Gasteiger partial charge in [-0.1, -0.05) is 37.3 Å². The normalized spacial score (nSPS) is 17.1. The zero-order chi connectivity index (χ0) is 17.3. The molecule has 1 fully saturated rings. The Labute approximate surface area is 147 Å². The van der Waals surface area contributed by atoms with E-state index >= 15 is 0 Å². The van der Waals surface area contributed by atoms with Gasteiger partial charge in [0.25, 0.3) is 0 Å². The summed E-state index contributed by atoms with van der Waals surface area (Å²) in [5, 5.41) is 12.8. The van der Waals surface area contributed by atoms with Crippen molar-refractivity contribution in [3.63, 3.8) is 0 Å². The zero-order valence-corrected chi connectivity index (χ0v) is 14.7. The number of aryl methyl sites for hydroxylation is 1. The van der Waals surface area contributed by atoms with Crippen LogP contribution in [-0.4, -0.2) is 40.0 Å². The fourth-order valence-electron chi connectivity index (χ4n) is 3.73. The molecule has 0 aliphatic carbocycles. The third-order valence-electron chi connectivity index (χ3n) is 5.26. The van der Waals surface area contributed by atoms with E-state index in [2.05, 4.69) is 57.5 Å². The van der Waals surface area contributed by atoms with E-state index < -0.39 is 0 Å². The molecular formula is C19H23N5O. The van der Waals surface area contributed by atoms with Crippen molar-refractivity contribution in [3.05, 3.63) is 54.0 Å². The molecule has 1 aromatic carbocycles. The van der Waals surface area contributed by atoms with E-state index in [0.717, 1.165) is 49.4 Å². The molecule has 130 valence electrons. The predicted octanol–water partition coefficient (Wildman–Crippen LogP) is 2.83. The second-order valence-electron chi connectivity index (χ2n) is 6.53. The molecule has 1 aliphatic heterocycles. The van der Waals surface area contributed by atoms with Gasteiger partial charge in [0.05, 0.1) is 17.0 Å². The van der Waals surface area contributed by atoms with Gasteiger partial charge in [-0.25, -0.2) is 0 Å². The van der Waals surface area contributed by atoms with E-state index in [4.69, 9.17) is 4.74 Å². The van der Waals surface area contributed by atoms with Crippen LogP contribution in [0.1, 0.15) is 31.0 Å². The Morgan fingerprint density at radius 2 is 1.92 bits per heavy atom. The zero-order valence-electron chi connectivity index (χ0n) is 14.7. The number of anilines is 1. The van der Waals surface area contributed by atoms with Gasteiger partial charge in [-0.3, -0.25) is 0 Å². The molecule has 0 bridgehead atoms. The third kappa shape index (κ3) is 2.76. The first-order valence-electron chi connectivity index (χ1n) is 8.81. The maximum absolute atomic E-state index is 5.99. The molecule has 6 nitrogen and oxygen atoms in total. The number of hydrogen-bond acceptors (Lipinski definition) is 5. The van der Waals surface area contributed by atoms with Crippen LogP contribution in [0, 0.1) is 0 Å². The molecule has 2 aromatic heterocycles. The molecule has 6 heteroatoms. The summed E-state index contributed by atoms with van der Waals surface area (Å²) >= 11 is 0. The molecule has 0 spiro atoms. The fraction of sp³-hybridized carbons (Fsp3) is 0.421. The van der Waals surface area contributed by atoms with Gasteiger partial charge in [-0.15, -0.1) is 10.2 Å². The van der Waals surface area contributed by atoms with E-state index in [1.165, 1.54) is 5.56 Å². The summed E-state index contributed by atoms with van der Waals surface area (Å²) < 4.78 is 7.78. The highest BCUT2D eigenvalue weighted by Gasteiger charge is 2.36. The maximum Gasteiger partial charge on any atom is 0.200 e. The molecule has 0 atom stereocenters. The lowest BCUT2D eigenvalue weighted by Gasteiger charge is -2.42. The minimum atomic E-state index is -0.206. The van der Waals surface area contributed by atoms with Crippen LogP contribution in [-0.2, 0) is 16.8 Å². The molecule has 0 amide bonds. The number of hydrogen-bond donors (Lipinski definition) is 0. The Balaban J connectivity index is 1.63. The molecule has 1 aliphatic rings. The number of benzene rings is 1. The standard InChI is InChI=1S/C19H23N5O/c1-3-16-13-17(18-21-20-14-24(18)22-16)23-11-9-19(25-2,10-12-23)15-7-5-4-6-8-15/h4-8,13-14H,3,9-12H2,1-2H3. The Morgan fingerprint density at radius 1 is 1.16 bits per heavy atom. The highest BCUT2D eigenvalue weighted by Crippen LogP contribution is 2.38. The van der Waals surface area contributed by atoms with Gasteiger partial charge in [0, 0.05) is 20.2 Å². The number of fused-ring (bicyclic) bond motifs is 1. The number of methoxy groups -OCH3 is 1. The smallest absolute Gasteiger partial charge is 0.200 e. The number of rotatable bonds is 4. The summed E-state index contributed by atoms with van der Waals surface area (Å²) in [6.45, 7) is 3.95. The monoisotopic (exact) mass is 337 g/mol. The molecule has 4 rings (SSSR count). The second kappa shape index (κ2) is 6.44. The Hall–Kier alpha value is -2.47. The SMILES string of the molecule is CCc1cc(N2CCC(OC)(c3ccccc3)CC2)c2nncn2n1. The van der Waals surface area contributed by atoms with Crippen molar-refractivity contribution in [2.24, 2.45) is 0 Å². The highest BCUT2D eigenvalue weighted by atomic mass is 16.5. The van der Waals surface area contributed by atoms with Crippen LogP contribution in [0.15, 0.2) is 42.7 Å². The van der Waals surface area contributed by atoms with Gasteiger partial charge in [0.2, 0.25) is 5.65 Å². The molecule has 0 saturated carbocycles. The lowest BCUT2D eigenvalue weighted by atomic mass is 9.84. The van der Waals surface area contributed by atoms with E-state index in [0.29, 0.717) is 0 Å². The first-order chi connectivity index (χ1) is 12.3. The summed E-state index contributed by atoms with van der Waals surface area (Å²) in [5.74, 6) is 0. The Bertz CT molecular complexity index is 853. The molecular weight excluding hydrogens is 314 g/mol. The topological polar surface area (TPSA) is 55.5 Å². The van der Waals surface area contributed by atoms with Gasteiger partial charge in [-0.05, 0) is 30.9 Å².